The Labute approximate surface area is 169 Å². The number of fused-ring (bicyclic) bond motifs is 1. The van der Waals surface area contributed by atoms with Crippen molar-refractivity contribution in [1.82, 2.24) is 0 Å². The normalized spacial score (nSPS) is 18.0. The summed E-state index contributed by atoms with van der Waals surface area (Å²) < 4.78 is 31.0. The van der Waals surface area contributed by atoms with Crippen LogP contribution in [0.15, 0.2) is 48.5 Å². The largest absolute Gasteiger partial charge is 0.491 e. The monoisotopic (exact) mass is 415 g/mol. The standard InChI is InChI=1S/C20H21N3O5S/c24-19(14-22-17-4-1-2-5-18(17)28-12-10-20(22)25)21-15-6-8-16(9-7-15)23-11-3-13-29(23,26)27/h1-2,4-9H,3,10-14H2,(H,21,24). The fraction of sp³-hybridized carbons (Fsp3) is 0.300. The van der Waals surface area contributed by atoms with Gasteiger partial charge >= 0.3 is 0 Å². The van der Waals surface area contributed by atoms with E-state index in [1.54, 1.807) is 42.5 Å². The highest BCUT2D eigenvalue weighted by Gasteiger charge is 2.28. The predicted octanol–water partition coefficient (Wildman–Crippen LogP) is 1.98. The molecule has 2 aromatic carbocycles. The van der Waals surface area contributed by atoms with Gasteiger partial charge in [0.1, 0.15) is 12.3 Å². The zero-order valence-electron chi connectivity index (χ0n) is 15.7. The van der Waals surface area contributed by atoms with Gasteiger partial charge in [0.15, 0.2) is 0 Å². The number of nitrogens with one attached hydrogen (secondary N) is 1. The fourth-order valence-electron chi connectivity index (χ4n) is 3.48. The van der Waals surface area contributed by atoms with Crippen molar-refractivity contribution in [2.45, 2.75) is 12.8 Å². The highest BCUT2D eigenvalue weighted by atomic mass is 32.2. The lowest BCUT2D eigenvalue weighted by Gasteiger charge is -2.21. The molecule has 8 nitrogen and oxygen atoms in total. The van der Waals surface area contributed by atoms with E-state index in [4.69, 9.17) is 4.74 Å². The van der Waals surface area contributed by atoms with E-state index in [9.17, 15) is 18.0 Å². The van der Waals surface area contributed by atoms with Crippen LogP contribution in [0.25, 0.3) is 0 Å². The van der Waals surface area contributed by atoms with E-state index < -0.39 is 10.0 Å². The van der Waals surface area contributed by atoms with Crippen molar-refractivity contribution in [3.8, 4) is 5.75 Å². The van der Waals surface area contributed by atoms with Gasteiger partial charge in [-0.15, -0.1) is 0 Å². The molecule has 0 saturated carbocycles. The number of carbonyl (C=O) groups excluding carboxylic acids is 2. The minimum Gasteiger partial charge on any atom is -0.491 e. The van der Waals surface area contributed by atoms with E-state index in [0.717, 1.165) is 0 Å². The molecule has 0 radical (unpaired) electrons. The van der Waals surface area contributed by atoms with Crippen LogP contribution in [0.1, 0.15) is 12.8 Å². The third-order valence-corrected chi connectivity index (χ3v) is 6.74. The smallest absolute Gasteiger partial charge is 0.244 e. The minimum absolute atomic E-state index is 0.137. The number of nitrogens with zero attached hydrogens (tertiary/aromatic N) is 2. The first-order valence-electron chi connectivity index (χ1n) is 9.36. The van der Waals surface area contributed by atoms with E-state index in [1.807, 2.05) is 6.07 Å². The highest BCUT2D eigenvalue weighted by Crippen LogP contribution is 2.31. The van der Waals surface area contributed by atoms with Crippen LogP contribution in [0.5, 0.6) is 5.75 Å². The molecule has 0 atom stereocenters. The Hall–Kier alpha value is -3.07. The number of ether oxygens (including phenoxy) is 1. The van der Waals surface area contributed by atoms with Crippen LogP contribution in [0, 0.1) is 0 Å². The molecule has 2 aliphatic rings. The molecule has 0 unspecified atom stereocenters. The molecule has 4 rings (SSSR count). The molecular formula is C20H21N3O5S. The van der Waals surface area contributed by atoms with Crippen molar-refractivity contribution in [2.75, 3.05) is 40.0 Å². The number of sulfonamides is 1. The first-order valence-corrected chi connectivity index (χ1v) is 11.0. The zero-order chi connectivity index (χ0) is 20.4. The van der Waals surface area contributed by atoms with Crippen molar-refractivity contribution < 1.29 is 22.7 Å². The number of hydrogen-bond acceptors (Lipinski definition) is 5. The number of rotatable bonds is 4. The summed E-state index contributed by atoms with van der Waals surface area (Å²) >= 11 is 0. The number of para-hydroxylation sites is 2. The van der Waals surface area contributed by atoms with Crippen LogP contribution in [0.4, 0.5) is 17.1 Å². The second-order valence-corrected chi connectivity index (χ2v) is 8.90. The lowest BCUT2D eigenvalue weighted by atomic mass is 10.2. The Morgan fingerprint density at radius 1 is 1.10 bits per heavy atom. The number of benzene rings is 2. The van der Waals surface area contributed by atoms with Crippen LogP contribution >= 0.6 is 0 Å². The maximum atomic E-state index is 12.5. The average Bonchev–Trinajstić information content (AvgIpc) is 2.98. The van der Waals surface area contributed by atoms with Gasteiger partial charge in [0, 0.05) is 12.2 Å². The van der Waals surface area contributed by atoms with Crippen LogP contribution in [-0.2, 0) is 19.6 Å². The summed E-state index contributed by atoms with van der Waals surface area (Å²) in [7, 11) is -3.24. The number of anilines is 3. The van der Waals surface area contributed by atoms with Gasteiger partial charge in [-0.25, -0.2) is 8.42 Å². The molecule has 0 bridgehead atoms. The second-order valence-electron chi connectivity index (χ2n) is 6.88. The molecular weight excluding hydrogens is 394 g/mol. The molecule has 0 aromatic heterocycles. The number of carbonyl (C=O) groups is 2. The molecule has 1 fully saturated rings. The van der Waals surface area contributed by atoms with E-state index in [1.165, 1.54) is 9.21 Å². The maximum absolute atomic E-state index is 12.5. The van der Waals surface area contributed by atoms with Gasteiger partial charge in [0.05, 0.1) is 30.2 Å². The van der Waals surface area contributed by atoms with Crippen molar-refractivity contribution in [2.24, 2.45) is 0 Å². The molecule has 152 valence electrons. The van der Waals surface area contributed by atoms with Gasteiger partial charge in [-0.2, -0.15) is 0 Å². The summed E-state index contributed by atoms with van der Waals surface area (Å²) in [5.41, 5.74) is 1.68. The third-order valence-electron chi connectivity index (χ3n) is 4.87. The van der Waals surface area contributed by atoms with Crippen molar-refractivity contribution in [3.63, 3.8) is 0 Å². The Morgan fingerprint density at radius 3 is 2.59 bits per heavy atom. The quantitative estimate of drug-likeness (QED) is 0.824. The fourth-order valence-corrected chi connectivity index (χ4v) is 5.04. The van der Waals surface area contributed by atoms with E-state index >= 15 is 0 Å². The maximum Gasteiger partial charge on any atom is 0.244 e. The summed E-state index contributed by atoms with van der Waals surface area (Å²) in [4.78, 5) is 26.4. The van der Waals surface area contributed by atoms with Gasteiger partial charge in [0.25, 0.3) is 0 Å². The summed E-state index contributed by atoms with van der Waals surface area (Å²) in [6.07, 6.45) is 0.802. The van der Waals surface area contributed by atoms with Crippen molar-refractivity contribution in [1.29, 1.82) is 0 Å². The van der Waals surface area contributed by atoms with Crippen molar-refractivity contribution in [3.05, 3.63) is 48.5 Å². The van der Waals surface area contributed by atoms with Crippen LogP contribution < -0.4 is 19.3 Å². The molecule has 1 saturated heterocycles. The van der Waals surface area contributed by atoms with Gasteiger partial charge in [-0.05, 0) is 42.8 Å². The molecule has 0 spiro atoms. The summed E-state index contributed by atoms with van der Waals surface area (Å²) in [5, 5.41) is 2.76. The van der Waals surface area contributed by atoms with Crippen LogP contribution in [-0.4, -0.2) is 45.7 Å². The molecule has 0 aliphatic carbocycles. The lowest BCUT2D eigenvalue weighted by Crippen LogP contribution is -2.37. The predicted molar refractivity (Wildman–Crippen MR) is 110 cm³/mol. The summed E-state index contributed by atoms with van der Waals surface area (Å²) in [5.74, 6) is 0.194. The Kier molecular flexibility index (Phi) is 5.14. The van der Waals surface area contributed by atoms with Crippen molar-refractivity contribution >= 4 is 38.9 Å². The Morgan fingerprint density at radius 2 is 1.86 bits per heavy atom. The van der Waals surface area contributed by atoms with Gasteiger partial charge < -0.3 is 10.1 Å². The van der Waals surface area contributed by atoms with E-state index in [2.05, 4.69) is 5.32 Å². The number of amides is 2. The molecule has 1 N–H and O–H groups in total. The molecule has 29 heavy (non-hydrogen) atoms. The van der Waals surface area contributed by atoms with Gasteiger partial charge in [-0.3, -0.25) is 18.8 Å². The zero-order valence-corrected chi connectivity index (χ0v) is 16.5. The Bertz CT molecular complexity index is 1040. The average molecular weight is 415 g/mol. The summed E-state index contributed by atoms with van der Waals surface area (Å²) in [6.45, 7) is 0.600. The first kappa shape index (κ1) is 19.3. The molecule has 2 aliphatic heterocycles. The number of hydrogen-bond donors (Lipinski definition) is 1. The van der Waals surface area contributed by atoms with Gasteiger partial charge in [0.2, 0.25) is 21.8 Å². The van der Waals surface area contributed by atoms with E-state index in [-0.39, 0.29) is 37.1 Å². The first-order chi connectivity index (χ1) is 13.9. The van der Waals surface area contributed by atoms with E-state index in [0.29, 0.717) is 35.8 Å². The molecule has 9 heteroatoms. The SMILES string of the molecule is O=C(CN1C(=O)CCOc2ccccc21)Nc1ccc(N2CCCS2(=O)=O)cc1. The topological polar surface area (TPSA) is 96.0 Å². The van der Waals surface area contributed by atoms with Crippen LogP contribution in [0.3, 0.4) is 0 Å². The Balaban J connectivity index is 1.45. The van der Waals surface area contributed by atoms with Crippen LogP contribution in [0.2, 0.25) is 0 Å². The minimum atomic E-state index is -3.24. The molecule has 2 aromatic rings. The lowest BCUT2D eigenvalue weighted by molar-refractivity contribution is -0.121. The highest BCUT2D eigenvalue weighted by molar-refractivity contribution is 7.93. The second kappa shape index (κ2) is 7.75. The molecule has 2 heterocycles. The third kappa shape index (κ3) is 4.04. The summed E-state index contributed by atoms with van der Waals surface area (Å²) in [6, 6.07) is 13.8. The molecule has 2 amide bonds. The van der Waals surface area contributed by atoms with Gasteiger partial charge in [-0.1, -0.05) is 12.1 Å².